The summed E-state index contributed by atoms with van der Waals surface area (Å²) in [6.07, 6.45) is 3.32. The maximum Gasteiger partial charge on any atom is 0.289 e. The fourth-order valence-electron chi connectivity index (χ4n) is 2.62. The van der Waals surface area contributed by atoms with E-state index in [1.807, 2.05) is 0 Å². The first-order chi connectivity index (χ1) is 9.58. The van der Waals surface area contributed by atoms with E-state index in [0.717, 1.165) is 0 Å². The molecule has 1 aliphatic heterocycles. The van der Waals surface area contributed by atoms with E-state index in [4.69, 9.17) is 4.74 Å². The van der Waals surface area contributed by atoms with Gasteiger partial charge in [0.25, 0.3) is 5.91 Å². The highest BCUT2D eigenvalue weighted by molar-refractivity contribution is 5.92. The van der Waals surface area contributed by atoms with Crippen LogP contribution in [0.25, 0.3) is 0 Å². The maximum absolute atomic E-state index is 12.4. The molecule has 1 fully saturated rings. The number of ether oxygens (including phenoxy) is 1. The van der Waals surface area contributed by atoms with Gasteiger partial charge in [0.05, 0.1) is 12.5 Å². The summed E-state index contributed by atoms with van der Waals surface area (Å²) in [6, 6.07) is 0. The molecule has 2 heterocycles. The molecule has 0 saturated carbocycles. The first kappa shape index (κ1) is 14.5. The van der Waals surface area contributed by atoms with Crippen molar-refractivity contribution in [2.24, 2.45) is 18.9 Å². The molecule has 0 bridgehead atoms. The molecule has 1 aliphatic rings. The number of nitrogens with zero attached hydrogens (tertiary/aromatic N) is 3. The van der Waals surface area contributed by atoms with Crippen molar-refractivity contribution in [2.45, 2.75) is 0 Å². The third-order valence-electron chi connectivity index (χ3n) is 3.70. The van der Waals surface area contributed by atoms with E-state index in [0.29, 0.717) is 25.5 Å². The molecular formula is C13H20N4O3. The maximum atomic E-state index is 12.4. The zero-order chi connectivity index (χ0) is 14.7. The van der Waals surface area contributed by atoms with Gasteiger partial charge in [-0.25, -0.2) is 4.98 Å². The van der Waals surface area contributed by atoms with Crippen LogP contribution in [-0.4, -0.2) is 60.1 Å². The van der Waals surface area contributed by atoms with Gasteiger partial charge in [0.1, 0.15) is 0 Å². The normalized spacial score (nSPS) is 22.1. The fourth-order valence-corrected chi connectivity index (χ4v) is 2.62. The van der Waals surface area contributed by atoms with Crippen molar-refractivity contribution in [1.82, 2.24) is 19.8 Å². The molecule has 2 amide bonds. The lowest BCUT2D eigenvalue weighted by molar-refractivity contribution is -0.125. The first-order valence-corrected chi connectivity index (χ1v) is 6.55. The Kier molecular flexibility index (Phi) is 4.39. The summed E-state index contributed by atoms with van der Waals surface area (Å²) in [5.41, 5.74) is 0. The number of rotatable bonds is 4. The number of amides is 2. The second-order valence-electron chi connectivity index (χ2n) is 5.01. The molecule has 0 aliphatic carbocycles. The van der Waals surface area contributed by atoms with Gasteiger partial charge in [0, 0.05) is 52.6 Å². The number of likely N-dealkylation sites (tertiary alicyclic amines) is 1. The molecule has 1 aromatic heterocycles. The second kappa shape index (κ2) is 6.04. The molecule has 1 aromatic rings. The number of aromatic nitrogens is 2. The Morgan fingerprint density at radius 3 is 2.80 bits per heavy atom. The largest absolute Gasteiger partial charge is 0.384 e. The molecule has 2 atom stereocenters. The number of methoxy groups -OCH3 is 1. The molecule has 0 radical (unpaired) electrons. The highest BCUT2D eigenvalue weighted by Gasteiger charge is 2.40. The number of aryl methyl sites for hydroxylation is 1. The van der Waals surface area contributed by atoms with Gasteiger partial charge in [0.2, 0.25) is 5.91 Å². The Balaban J connectivity index is 2.13. The third-order valence-corrected chi connectivity index (χ3v) is 3.70. The van der Waals surface area contributed by atoms with Gasteiger partial charge < -0.3 is 19.5 Å². The van der Waals surface area contributed by atoms with Crippen molar-refractivity contribution in [1.29, 1.82) is 0 Å². The Morgan fingerprint density at radius 2 is 2.25 bits per heavy atom. The van der Waals surface area contributed by atoms with E-state index in [-0.39, 0.29) is 23.7 Å². The van der Waals surface area contributed by atoms with Crippen LogP contribution in [0.3, 0.4) is 0 Å². The average Bonchev–Trinajstić information content (AvgIpc) is 3.04. The second-order valence-corrected chi connectivity index (χ2v) is 5.01. The molecule has 1 N–H and O–H groups in total. The average molecular weight is 280 g/mol. The molecule has 2 unspecified atom stereocenters. The molecule has 7 heteroatoms. The third kappa shape index (κ3) is 2.67. The minimum Gasteiger partial charge on any atom is -0.384 e. The van der Waals surface area contributed by atoms with Gasteiger partial charge in [-0.3, -0.25) is 9.59 Å². The number of imidazole rings is 1. The van der Waals surface area contributed by atoms with Crippen LogP contribution in [0.5, 0.6) is 0 Å². The molecule has 1 saturated heterocycles. The Labute approximate surface area is 117 Å². The van der Waals surface area contributed by atoms with E-state index in [9.17, 15) is 9.59 Å². The lowest BCUT2D eigenvalue weighted by atomic mass is 9.96. The monoisotopic (exact) mass is 280 g/mol. The summed E-state index contributed by atoms with van der Waals surface area (Å²) >= 11 is 0. The van der Waals surface area contributed by atoms with Gasteiger partial charge in [-0.15, -0.1) is 0 Å². The highest BCUT2D eigenvalue weighted by Crippen LogP contribution is 2.25. The van der Waals surface area contributed by atoms with Crippen molar-refractivity contribution in [3.63, 3.8) is 0 Å². The molecular weight excluding hydrogens is 260 g/mol. The predicted octanol–water partition coefficient (Wildman–Crippen LogP) is -0.499. The molecule has 20 heavy (non-hydrogen) atoms. The van der Waals surface area contributed by atoms with E-state index in [1.54, 1.807) is 43.1 Å². The SMILES string of the molecule is CNC(=O)C1CN(C(=O)c2nccn2C)CC1COC. The Morgan fingerprint density at radius 1 is 1.50 bits per heavy atom. The topological polar surface area (TPSA) is 76.5 Å². The van der Waals surface area contributed by atoms with Crippen LogP contribution < -0.4 is 5.32 Å². The van der Waals surface area contributed by atoms with Crippen LogP contribution in [0, 0.1) is 11.8 Å². The molecule has 2 rings (SSSR count). The number of hydrogen-bond donors (Lipinski definition) is 1. The van der Waals surface area contributed by atoms with Gasteiger partial charge in [-0.05, 0) is 0 Å². The summed E-state index contributed by atoms with van der Waals surface area (Å²) in [5, 5.41) is 2.65. The van der Waals surface area contributed by atoms with Gasteiger partial charge in [-0.1, -0.05) is 0 Å². The highest BCUT2D eigenvalue weighted by atomic mass is 16.5. The van der Waals surface area contributed by atoms with Crippen LogP contribution >= 0.6 is 0 Å². The summed E-state index contributed by atoms with van der Waals surface area (Å²) < 4.78 is 6.84. The minimum atomic E-state index is -0.232. The van der Waals surface area contributed by atoms with Crippen molar-refractivity contribution in [3.8, 4) is 0 Å². The fraction of sp³-hybridized carbons (Fsp3) is 0.615. The molecule has 0 aromatic carbocycles. The summed E-state index contributed by atoms with van der Waals surface area (Å²) in [6.45, 7) is 1.37. The standard InChI is InChI=1S/C13H20N4O3/c1-14-12(18)10-7-17(6-9(10)8-20-3)13(19)11-15-4-5-16(11)2/h4-5,9-10H,6-8H2,1-3H3,(H,14,18). The number of hydrogen-bond acceptors (Lipinski definition) is 4. The molecule has 0 spiro atoms. The smallest absolute Gasteiger partial charge is 0.289 e. The van der Waals surface area contributed by atoms with E-state index in [2.05, 4.69) is 10.3 Å². The lowest BCUT2D eigenvalue weighted by Gasteiger charge is -2.15. The van der Waals surface area contributed by atoms with Crippen LogP contribution in [0.2, 0.25) is 0 Å². The first-order valence-electron chi connectivity index (χ1n) is 6.55. The Hall–Kier alpha value is -1.89. The molecule has 110 valence electrons. The van der Waals surface area contributed by atoms with Crippen molar-refractivity contribution >= 4 is 11.8 Å². The summed E-state index contributed by atoms with van der Waals surface area (Å²) in [7, 11) is 4.98. The van der Waals surface area contributed by atoms with Gasteiger partial charge in [0.15, 0.2) is 5.82 Å². The van der Waals surface area contributed by atoms with Crippen LogP contribution in [-0.2, 0) is 16.6 Å². The van der Waals surface area contributed by atoms with Crippen LogP contribution in [0.1, 0.15) is 10.6 Å². The van der Waals surface area contributed by atoms with Gasteiger partial charge >= 0.3 is 0 Å². The number of carbonyl (C=O) groups excluding carboxylic acids is 2. The van der Waals surface area contributed by atoms with E-state index < -0.39 is 0 Å². The minimum absolute atomic E-state index is 0.0177. The van der Waals surface area contributed by atoms with Crippen molar-refractivity contribution in [3.05, 3.63) is 18.2 Å². The van der Waals surface area contributed by atoms with Crippen molar-refractivity contribution < 1.29 is 14.3 Å². The molecule has 7 nitrogen and oxygen atoms in total. The lowest BCUT2D eigenvalue weighted by Crippen LogP contribution is -2.35. The van der Waals surface area contributed by atoms with Crippen LogP contribution in [0.15, 0.2) is 12.4 Å². The summed E-state index contributed by atoms with van der Waals surface area (Å²) in [4.78, 5) is 30.0. The van der Waals surface area contributed by atoms with E-state index >= 15 is 0 Å². The quantitative estimate of drug-likeness (QED) is 0.807. The number of nitrogens with one attached hydrogen (secondary N) is 1. The van der Waals surface area contributed by atoms with Crippen molar-refractivity contribution in [2.75, 3.05) is 33.9 Å². The summed E-state index contributed by atoms with van der Waals surface area (Å²) in [5.74, 6) is -0.0285. The van der Waals surface area contributed by atoms with E-state index in [1.165, 1.54) is 0 Å². The zero-order valence-electron chi connectivity index (χ0n) is 12.0. The van der Waals surface area contributed by atoms with Crippen LogP contribution in [0.4, 0.5) is 0 Å². The van der Waals surface area contributed by atoms with Gasteiger partial charge in [-0.2, -0.15) is 0 Å². The predicted molar refractivity (Wildman–Crippen MR) is 72.0 cm³/mol. The number of carbonyl (C=O) groups is 2. The zero-order valence-corrected chi connectivity index (χ0v) is 12.0. The Bertz CT molecular complexity index is 500.